The Labute approximate surface area is 158 Å². The highest BCUT2D eigenvalue weighted by Gasteiger charge is 2.19. The number of aryl methyl sites for hydroxylation is 1. The summed E-state index contributed by atoms with van der Waals surface area (Å²) in [6, 6.07) is 13.4. The average molecular weight is 378 g/mol. The first-order valence-corrected chi connectivity index (χ1v) is 9.06. The third-order valence-corrected chi connectivity index (χ3v) is 5.01. The molecule has 0 unspecified atom stereocenters. The molecule has 0 bridgehead atoms. The Morgan fingerprint density at radius 3 is 2.52 bits per heavy atom. The van der Waals surface area contributed by atoms with Gasteiger partial charge in [-0.15, -0.1) is 0 Å². The number of hydrogen-bond acceptors (Lipinski definition) is 3. The van der Waals surface area contributed by atoms with Crippen LogP contribution in [0.5, 0.6) is 0 Å². The molecular weight excluding hydrogens is 357 g/mol. The second kappa shape index (κ2) is 8.09. The predicted molar refractivity (Wildman–Crippen MR) is 105 cm³/mol. The van der Waals surface area contributed by atoms with Crippen molar-refractivity contribution in [1.29, 1.82) is 0 Å². The van der Waals surface area contributed by atoms with Crippen molar-refractivity contribution in [3.05, 3.63) is 58.1 Å². The molecule has 0 aliphatic carbocycles. The first kappa shape index (κ1) is 18.1. The molecule has 4 nitrogen and oxygen atoms in total. The van der Waals surface area contributed by atoms with E-state index in [2.05, 4.69) is 21.2 Å². The van der Waals surface area contributed by atoms with Crippen LogP contribution in [0.3, 0.4) is 0 Å². The van der Waals surface area contributed by atoms with Gasteiger partial charge in [0.25, 0.3) is 0 Å². The van der Waals surface area contributed by atoms with Crippen LogP contribution in [0.15, 0.2) is 42.5 Å². The lowest BCUT2D eigenvalue weighted by Crippen LogP contribution is -2.48. The number of nitrogens with zero attached hydrogens (tertiary/aromatic N) is 2. The molecular formula is C19H21Cl2N3O. The summed E-state index contributed by atoms with van der Waals surface area (Å²) in [5.41, 5.74) is 2.86. The number of piperazine rings is 1. The SMILES string of the molecule is Cc1ccc(NC(=O)CN2CCN(c3cccc(Cl)c3)CC2)cc1Cl. The van der Waals surface area contributed by atoms with Gasteiger partial charge in [-0.1, -0.05) is 35.3 Å². The normalized spacial score (nSPS) is 15.2. The average Bonchev–Trinajstić information content (AvgIpc) is 2.59. The summed E-state index contributed by atoms with van der Waals surface area (Å²) in [6.07, 6.45) is 0. The molecule has 1 fully saturated rings. The molecule has 1 aliphatic heterocycles. The highest BCUT2D eigenvalue weighted by atomic mass is 35.5. The Hall–Kier alpha value is -1.75. The van der Waals surface area contributed by atoms with E-state index in [4.69, 9.17) is 23.2 Å². The molecule has 0 radical (unpaired) electrons. The van der Waals surface area contributed by atoms with Crippen molar-refractivity contribution in [2.45, 2.75) is 6.92 Å². The molecule has 0 atom stereocenters. The van der Waals surface area contributed by atoms with Crippen LogP contribution in [0, 0.1) is 6.92 Å². The van der Waals surface area contributed by atoms with Crippen molar-refractivity contribution in [3.63, 3.8) is 0 Å². The Bertz CT molecular complexity index is 758. The molecule has 0 aromatic heterocycles. The summed E-state index contributed by atoms with van der Waals surface area (Å²) in [7, 11) is 0. The quantitative estimate of drug-likeness (QED) is 0.872. The predicted octanol–water partition coefficient (Wildman–Crippen LogP) is 4.06. The Kier molecular flexibility index (Phi) is 5.84. The molecule has 1 saturated heterocycles. The Morgan fingerprint density at radius 2 is 1.84 bits per heavy atom. The van der Waals surface area contributed by atoms with E-state index in [9.17, 15) is 4.79 Å². The monoisotopic (exact) mass is 377 g/mol. The molecule has 25 heavy (non-hydrogen) atoms. The number of amides is 1. The highest BCUT2D eigenvalue weighted by molar-refractivity contribution is 6.31. The molecule has 1 heterocycles. The van der Waals surface area contributed by atoms with Gasteiger partial charge in [0.1, 0.15) is 0 Å². The van der Waals surface area contributed by atoms with E-state index in [0.29, 0.717) is 11.6 Å². The molecule has 3 rings (SSSR count). The van der Waals surface area contributed by atoms with Gasteiger partial charge in [-0.3, -0.25) is 9.69 Å². The molecule has 0 spiro atoms. The lowest BCUT2D eigenvalue weighted by molar-refractivity contribution is -0.117. The molecule has 2 aromatic carbocycles. The summed E-state index contributed by atoms with van der Waals surface area (Å²) < 4.78 is 0. The maximum atomic E-state index is 12.2. The van der Waals surface area contributed by atoms with E-state index in [1.807, 2.05) is 37.3 Å². The number of hydrogen-bond donors (Lipinski definition) is 1. The van der Waals surface area contributed by atoms with Gasteiger partial charge in [0.2, 0.25) is 5.91 Å². The van der Waals surface area contributed by atoms with Crippen molar-refractivity contribution in [3.8, 4) is 0 Å². The van der Waals surface area contributed by atoms with Crippen LogP contribution in [-0.2, 0) is 4.79 Å². The lowest BCUT2D eigenvalue weighted by Gasteiger charge is -2.35. The first-order chi connectivity index (χ1) is 12.0. The number of halogens is 2. The zero-order valence-electron chi connectivity index (χ0n) is 14.1. The fourth-order valence-electron chi connectivity index (χ4n) is 2.91. The zero-order chi connectivity index (χ0) is 17.8. The molecule has 1 N–H and O–H groups in total. The number of rotatable bonds is 4. The summed E-state index contributed by atoms with van der Waals surface area (Å²) in [5.74, 6) is -0.0175. The molecule has 0 saturated carbocycles. The lowest BCUT2D eigenvalue weighted by atomic mass is 10.2. The fraction of sp³-hybridized carbons (Fsp3) is 0.316. The molecule has 2 aromatic rings. The van der Waals surface area contributed by atoms with Crippen LogP contribution in [0.25, 0.3) is 0 Å². The van der Waals surface area contributed by atoms with E-state index >= 15 is 0 Å². The largest absolute Gasteiger partial charge is 0.369 e. The summed E-state index contributed by atoms with van der Waals surface area (Å²) in [4.78, 5) is 16.7. The van der Waals surface area contributed by atoms with Gasteiger partial charge in [0.05, 0.1) is 6.54 Å². The molecule has 1 amide bonds. The molecule has 132 valence electrons. The van der Waals surface area contributed by atoms with E-state index in [1.54, 1.807) is 6.07 Å². The van der Waals surface area contributed by atoms with Crippen molar-refractivity contribution >= 4 is 40.5 Å². The standard InChI is InChI=1S/C19H21Cl2N3O/c1-14-5-6-16(12-18(14)21)22-19(25)13-23-7-9-24(10-8-23)17-4-2-3-15(20)11-17/h2-6,11-12H,7-10,13H2,1H3,(H,22,25). The number of anilines is 2. The van der Waals surface area contributed by atoms with Crippen LogP contribution in [-0.4, -0.2) is 43.5 Å². The molecule has 1 aliphatic rings. The number of carbonyl (C=O) groups is 1. The van der Waals surface area contributed by atoms with Gasteiger partial charge in [0, 0.05) is 47.6 Å². The third-order valence-electron chi connectivity index (χ3n) is 4.37. The van der Waals surface area contributed by atoms with Gasteiger partial charge in [0.15, 0.2) is 0 Å². The van der Waals surface area contributed by atoms with Crippen molar-refractivity contribution in [2.24, 2.45) is 0 Å². The minimum absolute atomic E-state index is 0.0175. The van der Waals surface area contributed by atoms with Gasteiger partial charge in [-0.25, -0.2) is 0 Å². The Balaban J connectivity index is 1.50. The summed E-state index contributed by atoms with van der Waals surface area (Å²) in [5, 5.41) is 4.32. The van der Waals surface area contributed by atoms with Crippen LogP contribution in [0.4, 0.5) is 11.4 Å². The first-order valence-electron chi connectivity index (χ1n) is 8.30. The van der Waals surface area contributed by atoms with Gasteiger partial charge in [-0.2, -0.15) is 0 Å². The van der Waals surface area contributed by atoms with Crippen LogP contribution < -0.4 is 10.2 Å². The topological polar surface area (TPSA) is 35.6 Å². The summed E-state index contributed by atoms with van der Waals surface area (Å²) >= 11 is 12.2. The van der Waals surface area contributed by atoms with Gasteiger partial charge < -0.3 is 10.2 Å². The zero-order valence-corrected chi connectivity index (χ0v) is 15.6. The van der Waals surface area contributed by atoms with Crippen LogP contribution >= 0.6 is 23.2 Å². The maximum Gasteiger partial charge on any atom is 0.238 e. The fourth-order valence-corrected chi connectivity index (χ4v) is 3.28. The Morgan fingerprint density at radius 1 is 1.08 bits per heavy atom. The maximum absolute atomic E-state index is 12.2. The van der Waals surface area contributed by atoms with Gasteiger partial charge >= 0.3 is 0 Å². The second-order valence-corrected chi connectivity index (χ2v) is 7.10. The highest BCUT2D eigenvalue weighted by Crippen LogP contribution is 2.21. The summed E-state index contributed by atoms with van der Waals surface area (Å²) in [6.45, 7) is 5.76. The van der Waals surface area contributed by atoms with E-state index in [0.717, 1.165) is 48.1 Å². The van der Waals surface area contributed by atoms with Crippen LogP contribution in [0.1, 0.15) is 5.56 Å². The third kappa shape index (κ3) is 4.88. The molecule has 6 heteroatoms. The number of carbonyl (C=O) groups excluding carboxylic acids is 1. The smallest absolute Gasteiger partial charge is 0.238 e. The number of nitrogens with one attached hydrogen (secondary N) is 1. The van der Waals surface area contributed by atoms with Crippen LogP contribution in [0.2, 0.25) is 10.0 Å². The van der Waals surface area contributed by atoms with Crippen molar-refractivity contribution < 1.29 is 4.79 Å². The van der Waals surface area contributed by atoms with Gasteiger partial charge in [-0.05, 0) is 42.8 Å². The van der Waals surface area contributed by atoms with Crippen molar-refractivity contribution in [2.75, 3.05) is 42.9 Å². The van der Waals surface area contributed by atoms with E-state index < -0.39 is 0 Å². The second-order valence-electron chi connectivity index (χ2n) is 6.26. The minimum atomic E-state index is -0.0175. The van der Waals surface area contributed by atoms with E-state index in [1.165, 1.54) is 0 Å². The van der Waals surface area contributed by atoms with Crippen molar-refractivity contribution in [1.82, 2.24) is 4.90 Å². The number of benzene rings is 2. The van der Waals surface area contributed by atoms with E-state index in [-0.39, 0.29) is 5.91 Å². The minimum Gasteiger partial charge on any atom is -0.369 e.